The molecular weight excluding hydrogens is 394 g/mol. The summed E-state index contributed by atoms with van der Waals surface area (Å²) in [7, 11) is 0. The molecule has 0 radical (unpaired) electrons. The molecule has 2 aromatic rings. The van der Waals surface area contributed by atoms with Gasteiger partial charge in [-0.25, -0.2) is 4.79 Å². The molecule has 0 aliphatic carbocycles. The molecule has 3 nitrogen and oxygen atoms in total. The topological polar surface area (TPSA) is 41.1 Å². The SMILES string of the molecule is CSc1ccc(CNC(=O)Nc2cc(C(F)(F)F)cc(C(F)(F)F)c2)cc1. The minimum Gasteiger partial charge on any atom is -0.334 e. The molecule has 0 bridgehead atoms. The van der Waals surface area contributed by atoms with Gasteiger partial charge in [-0.1, -0.05) is 12.1 Å². The van der Waals surface area contributed by atoms with Crippen molar-refractivity contribution < 1.29 is 31.1 Å². The first-order valence-corrected chi connectivity index (χ1v) is 8.69. The highest BCUT2D eigenvalue weighted by molar-refractivity contribution is 7.98. The van der Waals surface area contributed by atoms with Gasteiger partial charge in [-0.15, -0.1) is 11.8 Å². The fourth-order valence-corrected chi connectivity index (χ4v) is 2.54. The van der Waals surface area contributed by atoms with Crippen LogP contribution in [-0.4, -0.2) is 12.3 Å². The minimum absolute atomic E-state index is 0.00359. The summed E-state index contributed by atoms with van der Waals surface area (Å²) in [5, 5.41) is 4.39. The number of alkyl halides is 6. The monoisotopic (exact) mass is 408 g/mol. The predicted molar refractivity (Wildman–Crippen MR) is 90.5 cm³/mol. The van der Waals surface area contributed by atoms with E-state index in [1.54, 1.807) is 12.1 Å². The Kier molecular flexibility index (Phi) is 6.30. The summed E-state index contributed by atoms with van der Waals surface area (Å²) in [4.78, 5) is 12.8. The van der Waals surface area contributed by atoms with Gasteiger partial charge in [0, 0.05) is 17.1 Å². The van der Waals surface area contributed by atoms with Crippen LogP contribution in [0.1, 0.15) is 16.7 Å². The van der Waals surface area contributed by atoms with Gasteiger partial charge < -0.3 is 10.6 Å². The summed E-state index contributed by atoms with van der Waals surface area (Å²) in [5.41, 5.74) is -2.88. The van der Waals surface area contributed by atoms with Crippen molar-refractivity contribution in [2.24, 2.45) is 0 Å². The van der Waals surface area contributed by atoms with Crippen molar-refractivity contribution in [1.82, 2.24) is 5.32 Å². The van der Waals surface area contributed by atoms with Crippen molar-refractivity contribution in [1.29, 1.82) is 0 Å². The third-order valence-corrected chi connectivity index (χ3v) is 4.20. The van der Waals surface area contributed by atoms with Gasteiger partial charge in [0.25, 0.3) is 0 Å². The van der Waals surface area contributed by atoms with E-state index < -0.39 is 35.2 Å². The number of nitrogens with one attached hydrogen (secondary N) is 2. The van der Waals surface area contributed by atoms with Crippen molar-refractivity contribution in [3.63, 3.8) is 0 Å². The van der Waals surface area contributed by atoms with E-state index >= 15 is 0 Å². The standard InChI is InChI=1S/C17H14F6N2OS/c1-27-14-4-2-10(3-5-14)9-24-15(26)25-13-7-11(16(18,19)20)6-12(8-13)17(21,22)23/h2-8H,9H2,1H3,(H2,24,25,26). The van der Waals surface area contributed by atoms with Crippen LogP contribution in [0.3, 0.4) is 0 Å². The van der Waals surface area contributed by atoms with E-state index in [4.69, 9.17) is 0 Å². The van der Waals surface area contributed by atoms with E-state index in [2.05, 4.69) is 5.32 Å². The fourth-order valence-electron chi connectivity index (χ4n) is 2.13. The summed E-state index contributed by atoms with van der Waals surface area (Å²) in [5.74, 6) is 0. The smallest absolute Gasteiger partial charge is 0.334 e. The summed E-state index contributed by atoms with van der Waals surface area (Å²) < 4.78 is 76.8. The zero-order valence-electron chi connectivity index (χ0n) is 13.8. The Morgan fingerprint density at radius 1 is 0.926 bits per heavy atom. The molecule has 0 aromatic heterocycles. The molecule has 146 valence electrons. The molecule has 0 heterocycles. The van der Waals surface area contributed by atoms with Crippen LogP contribution in [0.25, 0.3) is 0 Å². The molecule has 27 heavy (non-hydrogen) atoms. The maximum absolute atomic E-state index is 12.8. The molecule has 0 saturated heterocycles. The van der Waals surface area contributed by atoms with E-state index in [1.165, 1.54) is 11.8 Å². The van der Waals surface area contributed by atoms with E-state index in [1.807, 2.05) is 23.7 Å². The van der Waals surface area contributed by atoms with Crippen molar-refractivity contribution >= 4 is 23.5 Å². The van der Waals surface area contributed by atoms with Crippen LogP contribution < -0.4 is 10.6 Å². The van der Waals surface area contributed by atoms with E-state index in [0.717, 1.165) is 10.5 Å². The molecule has 10 heteroatoms. The Morgan fingerprint density at radius 2 is 1.44 bits per heavy atom. The second-order valence-electron chi connectivity index (χ2n) is 5.45. The number of benzene rings is 2. The molecule has 2 N–H and O–H groups in total. The molecule has 0 fully saturated rings. The Balaban J connectivity index is 2.11. The molecule has 0 unspecified atom stereocenters. The number of urea groups is 1. The number of rotatable bonds is 4. The lowest BCUT2D eigenvalue weighted by Gasteiger charge is -2.15. The normalized spacial score (nSPS) is 12.0. The lowest BCUT2D eigenvalue weighted by molar-refractivity contribution is -0.143. The lowest BCUT2D eigenvalue weighted by atomic mass is 10.1. The van der Waals surface area contributed by atoms with Crippen LogP contribution in [0.5, 0.6) is 0 Å². The Morgan fingerprint density at radius 3 is 1.89 bits per heavy atom. The van der Waals surface area contributed by atoms with Crippen LogP contribution in [0.2, 0.25) is 0 Å². The van der Waals surface area contributed by atoms with E-state index in [9.17, 15) is 31.1 Å². The van der Waals surface area contributed by atoms with Gasteiger partial charge in [-0.2, -0.15) is 26.3 Å². The second-order valence-corrected chi connectivity index (χ2v) is 6.33. The second kappa shape index (κ2) is 8.12. The first kappa shape index (κ1) is 20.9. The van der Waals surface area contributed by atoms with Gasteiger partial charge in [-0.05, 0) is 42.2 Å². The first-order chi connectivity index (χ1) is 12.5. The van der Waals surface area contributed by atoms with Gasteiger partial charge >= 0.3 is 18.4 Å². The molecule has 0 aliphatic rings. The lowest BCUT2D eigenvalue weighted by Crippen LogP contribution is -2.28. The zero-order chi connectivity index (χ0) is 20.2. The van der Waals surface area contributed by atoms with Gasteiger partial charge in [0.1, 0.15) is 0 Å². The molecule has 0 atom stereocenters. The molecule has 0 saturated carbocycles. The van der Waals surface area contributed by atoms with Crippen molar-refractivity contribution in [2.75, 3.05) is 11.6 Å². The van der Waals surface area contributed by atoms with Crippen LogP contribution in [0, 0.1) is 0 Å². The van der Waals surface area contributed by atoms with Gasteiger partial charge in [0.15, 0.2) is 0 Å². The molecule has 0 spiro atoms. The Hall–Kier alpha value is -2.36. The molecule has 2 rings (SSSR count). The zero-order valence-corrected chi connectivity index (χ0v) is 14.6. The quantitative estimate of drug-likeness (QED) is 0.498. The summed E-state index contributed by atoms with van der Waals surface area (Å²) in [6.07, 6.45) is -8.06. The van der Waals surface area contributed by atoms with Crippen LogP contribution in [0.15, 0.2) is 47.4 Å². The number of thioether (sulfide) groups is 1. The van der Waals surface area contributed by atoms with Gasteiger partial charge in [-0.3, -0.25) is 0 Å². The first-order valence-electron chi connectivity index (χ1n) is 7.46. The van der Waals surface area contributed by atoms with Gasteiger partial charge in [0.2, 0.25) is 0 Å². The Bertz CT molecular complexity index is 770. The van der Waals surface area contributed by atoms with Crippen molar-refractivity contribution in [2.45, 2.75) is 23.8 Å². The van der Waals surface area contributed by atoms with Gasteiger partial charge in [0.05, 0.1) is 11.1 Å². The number of hydrogen-bond acceptors (Lipinski definition) is 2. The average Bonchev–Trinajstić information content (AvgIpc) is 2.58. The van der Waals surface area contributed by atoms with E-state index in [-0.39, 0.29) is 12.6 Å². The fraction of sp³-hybridized carbons (Fsp3) is 0.235. The predicted octanol–water partition coefficient (Wildman–Crippen LogP) is 5.77. The highest BCUT2D eigenvalue weighted by Crippen LogP contribution is 2.37. The maximum Gasteiger partial charge on any atom is 0.416 e. The van der Waals surface area contributed by atoms with Crippen LogP contribution in [0.4, 0.5) is 36.8 Å². The number of halogens is 6. The largest absolute Gasteiger partial charge is 0.416 e. The number of hydrogen-bond donors (Lipinski definition) is 2. The summed E-state index contributed by atoms with van der Waals surface area (Å²) in [6.45, 7) is 0.0611. The number of anilines is 1. The third-order valence-electron chi connectivity index (χ3n) is 3.46. The highest BCUT2D eigenvalue weighted by Gasteiger charge is 2.37. The van der Waals surface area contributed by atoms with Crippen LogP contribution >= 0.6 is 11.8 Å². The summed E-state index contributed by atoms with van der Waals surface area (Å²) >= 11 is 1.53. The number of amides is 2. The highest BCUT2D eigenvalue weighted by atomic mass is 32.2. The number of carbonyl (C=O) groups excluding carboxylic acids is 1. The molecule has 0 aliphatic heterocycles. The molecule has 2 aromatic carbocycles. The van der Waals surface area contributed by atoms with Crippen molar-refractivity contribution in [3.8, 4) is 0 Å². The van der Waals surface area contributed by atoms with Crippen molar-refractivity contribution in [3.05, 3.63) is 59.2 Å². The van der Waals surface area contributed by atoms with E-state index in [0.29, 0.717) is 12.1 Å². The Labute approximate surface area is 155 Å². The molecule has 2 amide bonds. The molecular formula is C17H14F6N2OS. The average molecular weight is 408 g/mol. The third kappa shape index (κ3) is 6.09. The minimum atomic E-state index is -4.98. The maximum atomic E-state index is 12.8. The van der Waals surface area contributed by atoms with Crippen LogP contribution in [-0.2, 0) is 18.9 Å². The summed E-state index contributed by atoms with van der Waals surface area (Å²) in [6, 6.07) is 7.11. The number of carbonyl (C=O) groups is 1.